The van der Waals surface area contributed by atoms with Crippen LogP contribution in [-0.2, 0) is 9.59 Å². The summed E-state index contributed by atoms with van der Waals surface area (Å²) in [6.07, 6.45) is 0.293. The average molecular weight is 368 g/mol. The van der Waals surface area contributed by atoms with Gasteiger partial charge in [0.15, 0.2) is 0 Å². The van der Waals surface area contributed by atoms with Crippen LogP contribution in [0.4, 0.5) is 0 Å². The number of rotatable bonds is 6. The van der Waals surface area contributed by atoms with E-state index < -0.39 is 18.0 Å². The van der Waals surface area contributed by atoms with E-state index in [9.17, 15) is 19.8 Å². The minimum atomic E-state index is -1.28. The van der Waals surface area contributed by atoms with Gasteiger partial charge in [0.1, 0.15) is 0 Å². The van der Waals surface area contributed by atoms with Gasteiger partial charge in [0.25, 0.3) is 0 Å². The maximum Gasteiger partial charge on any atom is 0.235 e. The van der Waals surface area contributed by atoms with Gasteiger partial charge in [0.05, 0.1) is 61.2 Å². The number of carboxylic acids is 1. The Morgan fingerprint density at radius 1 is 1.44 bits per heavy atom. The summed E-state index contributed by atoms with van der Waals surface area (Å²) in [4.78, 5) is 26.2. The van der Waals surface area contributed by atoms with Gasteiger partial charge < -0.3 is 24.4 Å². The first-order valence-electron chi connectivity index (χ1n) is 9.24. The molecule has 3 rings (SSSR count). The number of quaternary nitrogens is 1. The Morgan fingerprint density at radius 2 is 2.08 bits per heavy atom. The average Bonchev–Trinajstić information content (AvgIpc) is 3.07. The molecule has 2 fully saturated rings. The van der Waals surface area contributed by atoms with Crippen LogP contribution in [0.15, 0.2) is 10.6 Å². The standard InChI is InChI=1S/C18H28N2O4S/c1-5-20(6-2)8-7-12(9-20)25-16-10(3)14-13(11(4)21)17(22)19(14)15(16)18(23)24/h10-14,21H,5-9H2,1-4H3/t10-,11-,12+,13-,14-/m1/s1. The molecule has 140 valence electrons. The number of fused-ring (bicyclic) bond motifs is 1. The predicted octanol–water partition coefficient (Wildman–Crippen LogP) is 0.168. The second-order valence-corrected chi connectivity index (χ2v) is 9.01. The monoisotopic (exact) mass is 368 g/mol. The Kier molecular flexibility index (Phi) is 4.94. The van der Waals surface area contributed by atoms with Gasteiger partial charge in [0, 0.05) is 17.2 Å². The van der Waals surface area contributed by atoms with Crippen molar-refractivity contribution < 1.29 is 24.3 Å². The van der Waals surface area contributed by atoms with Crippen LogP contribution in [0.25, 0.3) is 0 Å². The number of amides is 1. The summed E-state index contributed by atoms with van der Waals surface area (Å²) in [5.41, 5.74) is 0.0439. The molecule has 6 nitrogen and oxygen atoms in total. The number of aliphatic carboxylic acids is 1. The van der Waals surface area contributed by atoms with Crippen molar-refractivity contribution in [2.45, 2.75) is 51.5 Å². The van der Waals surface area contributed by atoms with Gasteiger partial charge in [-0.25, -0.2) is 0 Å². The summed E-state index contributed by atoms with van der Waals surface area (Å²) in [5, 5.41) is 22.0. The van der Waals surface area contributed by atoms with Crippen LogP contribution >= 0.6 is 11.8 Å². The van der Waals surface area contributed by atoms with Crippen molar-refractivity contribution in [1.29, 1.82) is 0 Å². The number of likely N-dealkylation sites (tertiary alicyclic amines) is 1. The highest BCUT2D eigenvalue weighted by Gasteiger charge is 2.59. The van der Waals surface area contributed by atoms with Crippen LogP contribution in [-0.4, -0.2) is 69.9 Å². The minimum absolute atomic E-state index is 0.0439. The molecule has 5 atom stereocenters. The molecule has 0 aliphatic carbocycles. The highest BCUT2D eigenvalue weighted by molar-refractivity contribution is 8.03. The molecule has 2 saturated heterocycles. The lowest BCUT2D eigenvalue weighted by molar-refractivity contribution is -0.913. The molecule has 0 saturated carbocycles. The fraction of sp³-hybridized carbons (Fsp3) is 0.778. The summed E-state index contributed by atoms with van der Waals surface area (Å²) in [6, 6.07) is -0.249. The summed E-state index contributed by atoms with van der Waals surface area (Å²) >= 11 is 1.62. The molecule has 0 aromatic heterocycles. The van der Waals surface area contributed by atoms with E-state index >= 15 is 0 Å². The first-order valence-corrected chi connectivity index (χ1v) is 10.1. The van der Waals surface area contributed by atoms with Crippen LogP contribution in [0, 0.1) is 11.8 Å². The lowest BCUT2D eigenvalue weighted by Crippen LogP contribution is -2.64. The molecule has 1 N–H and O–H groups in total. The molecule has 7 heteroatoms. The quantitative estimate of drug-likeness (QED) is 0.534. The number of nitrogens with zero attached hydrogens (tertiary/aromatic N) is 2. The van der Waals surface area contributed by atoms with Crippen molar-refractivity contribution in [1.82, 2.24) is 4.90 Å². The van der Waals surface area contributed by atoms with Gasteiger partial charge in [-0.3, -0.25) is 4.79 Å². The summed E-state index contributed by atoms with van der Waals surface area (Å²) in [7, 11) is 0. The molecule has 1 amide bonds. The molecule has 3 heterocycles. The molecular weight excluding hydrogens is 340 g/mol. The third-order valence-electron chi connectivity index (χ3n) is 6.45. The van der Waals surface area contributed by atoms with E-state index in [1.54, 1.807) is 18.7 Å². The largest absolute Gasteiger partial charge is 0.543 e. The van der Waals surface area contributed by atoms with Gasteiger partial charge in [-0.15, -0.1) is 11.8 Å². The number of thioether (sulfide) groups is 1. The maximum atomic E-state index is 12.4. The van der Waals surface area contributed by atoms with Crippen LogP contribution < -0.4 is 5.11 Å². The van der Waals surface area contributed by atoms with Crippen molar-refractivity contribution in [2.75, 3.05) is 26.2 Å². The van der Waals surface area contributed by atoms with E-state index in [4.69, 9.17) is 0 Å². The van der Waals surface area contributed by atoms with Gasteiger partial charge in [-0.05, 0) is 20.8 Å². The number of carboxylic acid groups (broad SMARTS) is 1. The molecule has 3 aliphatic heterocycles. The van der Waals surface area contributed by atoms with Crippen LogP contribution in [0.2, 0.25) is 0 Å². The van der Waals surface area contributed by atoms with Crippen LogP contribution in [0.1, 0.15) is 34.1 Å². The van der Waals surface area contributed by atoms with Crippen molar-refractivity contribution >= 4 is 23.6 Å². The van der Waals surface area contributed by atoms with E-state index in [2.05, 4.69) is 13.8 Å². The second-order valence-electron chi connectivity index (χ2n) is 7.66. The SMILES string of the molecule is CC[N+]1(CC)CC[C@H](SC2=C(C(=O)[O-])N3C(=O)[C@H]([C@@H](C)O)[C@H]3[C@H]2C)C1. The minimum Gasteiger partial charge on any atom is -0.543 e. The summed E-state index contributed by atoms with van der Waals surface area (Å²) in [5.74, 6) is -2.15. The van der Waals surface area contributed by atoms with E-state index in [1.807, 2.05) is 6.92 Å². The normalized spacial score (nSPS) is 34.9. The summed E-state index contributed by atoms with van der Waals surface area (Å²) in [6.45, 7) is 12.3. The molecule has 0 bridgehead atoms. The van der Waals surface area contributed by atoms with E-state index in [1.165, 1.54) is 4.90 Å². The zero-order valence-electron chi connectivity index (χ0n) is 15.4. The molecule has 25 heavy (non-hydrogen) atoms. The number of aliphatic hydroxyl groups is 1. The molecule has 0 spiro atoms. The molecule has 0 aromatic rings. The Bertz CT molecular complexity index is 614. The molecule has 0 radical (unpaired) electrons. The topological polar surface area (TPSA) is 80.7 Å². The highest BCUT2D eigenvalue weighted by atomic mass is 32.2. The highest BCUT2D eigenvalue weighted by Crippen LogP contribution is 2.52. The zero-order valence-corrected chi connectivity index (χ0v) is 16.2. The van der Waals surface area contributed by atoms with E-state index in [-0.39, 0.29) is 23.6 Å². The number of carbonyl (C=O) groups is 2. The van der Waals surface area contributed by atoms with Gasteiger partial charge in [0.2, 0.25) is 5.91 Å². The first-order chi connectivity index (χ1) is 11.8. The number of β-lactam (4-membered cyclic amide) rings is 1. The second kappa shape index (κ2) is 6.59. The van der Waals surface area contributed by atoms with Crippen molar-refractivity contribution in [3.05, 3.63) is 10.6 Å². The molecule has 0 aromatic carbocycles. The smallest absolute Gasteiger partial charge is 0.235 e. The third-order valence-corrected chi connectivity index (χ3v) is 7.99. The third kappa shape index (κ3) is 2.80. The number of carbonyl (C=O) groups excluding carboxylic acids is 2. The van der Waals surface area contributed by atoms with Gasteiger partial charge in [-0.1, -0.05) is 6.92 Å². The van der Waals surface area contributed by atoms with Crippen molar-refractivity contribution in [2.24, 2.45) is 11.8 Å². The fourth-order valence-electron chi connectivity index (χ4n) is 4.78. The molecule has 0 unspecified atom stereocenters. The zero-order chi connectivity index (χ0) is 18.5. The Labute approximate surface area is 153 Å². The van der Waals surface area contributed by atoms with Crippen LogP contribution in [0.5, 0.6) is 0 Å². The lowest BCUT2D eigenvalue weighted by Gasteiger charge is -2.47. The number of hydrogen-bond acceptors (Lipinski definition) is 5. The molecule has 3 aliphatic rings. The fourth-order valence-corrected chi connectivity index (χ4v) is 6.40. The van der Waals surface area contributed by atoms with Gasteiger partial charge in [-0.2, -0.15) is 0 Å². The number of aliphatic hydroxyl groups excluding tert-OH is 1. The molecular formula is C18H28N2O4S. The maximum absolute atomic E-state index is 12.4. The summed E-state index contributed by atoms with van der Waals surface area (Å²) < 4.78 is 1.07. The number of hydrogen-bond donors (Lipinski definition) is 1. The first kappa shape index (κ1) is 18.7. The van der Waals surface area contributed by atoms with Crippen molar-refractivity contribution in [3.8, 4) is 0 Å². The van der Waals surface area contributed by atoms with Crippen molar-refractivity contribution in [3.63, 3.8) is 0 Å². The van der Waals surface area contributed by atoms with Gasteiger partial charge >= 0.3 is 0 Å². The Morgan fingerprint density at radius 3 is 2.56 bits per heavy atom. The Hall–Kier alpha value is -1.05. The van der Waals surface area contributed by atoms with E-state index in [0.29, 0.717) is 5.25 Å². The van der Waals surface area contributed by atoms with E-state index in [0.717, 1.165) is 42.0 Å². The van der Waals surface area contributed by atoms with Crippen LogP contribution in [0.3, 0.4) is 0 Å². The Balaban J connectivity index is 1.83. The lowest BCUT2D eigenvalue weighted by atomic mass is 9.79. The predicted molar refractivity (Wildman–Crippen MR) is 94.1 cm³/mol.